The van der Waals surface area contributed by atoms with Crippen molar-refractivity contribution in [1.29, 1.82) is 0 Å². The van der Waals surface area contributed by atoms with Gasteiger partial charge in [0.15, 0.2) is 12.1 Å². The minimum Gasteiger partial charge on any atom is -0.345 e. The van der Waals surface area contributed by atoms with Crippen LogP contribution in [0.1, 0.15) is 19.4 Å². The highest BCUT2D eigenvalue weighted by molar-refractivity contribution is 7.85. The quantitative estimate of drug-likeness (QED) is 0.712. The van der Waals surface area contributed by atoms with Gasteiger partial charge in [-0.2, -0.15) is 8.42 Å². The Hall–Kier alpha value is -1.03. The lowest BCUT2D eigenvalue weighted by atomic mass is 10.1. The second kappa shape index (κ2) is 6.70. The van der Waals surface area contributed by atoms with E-state index < -0.39 is 40.5 Å². The van der Waals surface area contributed by atoms with Crippen molar-refractivity contribution in [2.24, 2.45) is 0 Å². The molecule has 4 atom stereocenters. The molecular formula is C16H22O7S. The zero-order valence-corrected chi connectivity index (χ0v) is 14.7. The Morgan fingerprint density at radius 3 is 2.46 bits per heavy atom. The average Bonchev–Trinajstić information content (AvgIpc) is 2.97. The summed E-state index contributed by atoms with van der Waals surface area (Å²) in [6.45, 7) is 3.82. The topological polar surface area (TPSA) is 80.3 Å². The van der Waals surface area contributed by atoms with Crippen LogP contribution in [0, 0.1) is 0 Å². The summed E-state index contributed by atoms with van der Waals surface area (Å²) in [5, 5.41) is 0. The van der Waals surface area contributed by atoms with Crippen LogP contribution >= 0.6 is 0 Å². The third kappa shape index (κ3) is 4.33. The van der Waals surface area contributed by atoms with E-state index in [1.807, 2.05) is 30.3 Å². The van der Waals surface area contributed by atoms with Crippen molar-refractivity contribution in [3.63, 3.8) is 0 Å². The summed E-state index contributed by atoms with van der Waals surface area (Å²) in [5.41, 5.74) is 1.01. The summed E-state index contributed by atoms with van der Waals surface area (Å²) < 4.78 is 50.6. The third-order valence-corrected chi connectivity index (χ3v) is 4.37. The number of hydrogen-bond donors (Lipinski definition) is 0. The first kappa shape index (κ1) is 17.8. The van der Waals surface area contributed by atoms with Crippen LogP contribution in [0.5, 0.6) is 0 Å². The van der Waals surface area contributed by atoms with Crippen molar-refractivity contribution >= 4 is 10.1 Å². The first-order valence-corrected chi connectivity index (χ1v) is 9.56. The Bertz CT molecular complexity index is 658. The zero-order valence-electron chi connectivity index (χ0n) is 13.9. The van der Waals surface area contributed by atoms with Crippen LogP contribution in [-0.4, -0.2) is 51.7 Å². The molecular weight excluding hydrogens is 336 g/mol. The summed E-state index contributed by atoms with van der Waals surface area (Å²) in [5.74, 6) is -0.781. The molecule has 0 saturated carbocycles. The fraction of sp³-hybridized carbons (Fsp3) is 0.625. The maximum Gasteiger partial charge on any atom is 0.264 e. The number of hydrogen-bond acceptors (Lipinski definition) is 7. The summed E-state index contributed by atoms with van der Waals surface area (Å²) in [7, 11) is -3.56. The molecule has 0 bridgehead atoms. The van der Waals surface area contributed by atoms with Crippen molar-refractivity contribution in [2.45, 2.75) is 50.8 Å². The minimum atomic E-state index is -3.56. The average molecular weight is 358 g/mol. The van der Waals surface area contributed by atoms with Crippen LogP contribution in [0.15, 0.2) is 30.3 Å². The summed E-state index contributed by atoms with van der Waals surface area (Å²) in [6, 6.07) is 9.69. The number of benzene rings is 1. The predicted octanol–water partition coefficient (Wildman–Crippen LogP) is 1.42. The maximum atomic E-state index is 11.2. The normalized spacial score (nSPS) is 32.0. The van der Waals surface area contributed by atoms with Gasteiger partial charge in [-0.1, -0.05) is 30.3 Å². The molecule has 1 aromatic carbocycles. The van der Waals surface area contributed by atoms with Crippen LogP contribution in [0.3, 0.4) is 0 Å². The molecule has 2 heterocycles. The number of ether oxygens (including phenoxy) is 4. The highest BCUT2D eigenvalue weighted by Crippen LogP contribution is 2.39. The van der Waals surface area contributed by atoms with Gasteiger partial charge in [0, 0.05) is 0 Å². The molecule has 0 unspecified atom stereocenters. The van der Waals surface area contributed by atoms with Crippen molar-refractivity contribution in [3.8, 4) is 0 Å². The minimum absolute atomic E-state index is 0.134. The lowest BCUT2D eigenvalue weighted by molar-refractivity contribution is -0.238. The fourth-order valence-electron chi connectivity index (χ4n) is 2.85. The molecule has 2 aliphatic heterocycles. The van der Waals surface area contributed by atoms with Gasteiger partial charge in [-0.05, 0) is 19.4 Å². The van der Waals surface area contributed by atoms with Crippen molar-refractivity contribution in [3.05, 3.63) is 35.9 Å². The van der Waals surface area contributed by atoms with Crippen molar-refractivity contribution < 1.29 is 31.5 Å². The molecule has 134 valence electrons. The van der Waals surface area contributed by atoms with Gasteiger partial charge in [-0.15, -0.1) is 0 Å². The molecule has 2 fully saturated rings. The van der Waals surface area contributed by atoms with Gasteiger partial charge in [-0.25, -0.2) is 0 Å². The highest BCUT2D eigenvalue weighted by atomic mass is 32.2. The third-order valence-electron chi connectivity index (χ3n) is 3.81. The maximum absolute atomic E-state index is 11.2. The second-order valence-electron chi connectivity index (χ2n) is 6.39. The Morgan fingerprint density at radius 2 is 1.79 bits per heavy atom. The van der Waals surface area contributed by atoms with Crippen molar-refractivity contribution in [1.82, 2.24) is 0 Å². The van der Waals surface area contributed by atoms with E-state index in [2.05, 4.69) is 0 Å². The van der Waals surface area contributed by atoms with Gasteiger partial charge in [0.1, 0.15) is 18.3 Å². The Kier molecular flexibility index (Phi) is 4.96. The van der Waals surface area contributed by atoms with Crippen LogP contribution < -0.4 is 0 Å². The van der Waals surface area contributed by atoms with Gasteiger partial charge >= 0.3 is 0 Å². The molecule has 2 saturated heterocycles. The Morgan fingerprint density at radius 1 is 1.12 bits per heavy atom. The number of rotatable bonds is 6. The predicted molar refractivity (Wildman–Crippen MR) is 84.5 cm³/mol. The van der Waals surface area contributed by atoms with E-state index in [0.29, 0.717) is 6.61 Å². The summed E-state index contributed by atoms with van der Waals surface area (Å²) in [4.78, 5) is 0. The van der Waals surface area contributed by atoms with Crippen LogP contribution in [-0.2, 0) is 39.9 Å². The molecule has 0 aliphatic carbocycles. The molecule has 8 heteroatoms. The zero-order chi connectivity index (χ0) is 17.4. The van der Waals surface area contributed by atoms with Crippen LogP contribution in [0.4, 0.5) is 0 Å². The molecule has 0 N–H and O–H groups in total. The molecule has 3 rings (SSSR count). The summed E-state index contributed by atoms with van der Waals surface area (Å²) >= 11 is 0. The van der Waals surface area contributed by atoms with Gasteiger partial charge < -0.3 is 18.9 Å². The standard InChI is InChI=1S/C16H22O7S/c1-16(2)22-13-12(10-20-24(3,17)18)21-15(14(13)23-16)19-9-11-7-5-4-6-8-11/h4-8,12-15H,9-10H2,1-3H3/t12-,13+,14+,15+/m1/s1. The van der Waals surface area contributed by atoms with E-state index >= 15 is 0 Å². The van der Waals surface area contributed by atoms with Gasteiger partial charge in [-0.3, -0.25) is 4.18 Å². The van der Waals surface area contributed by atoms with Gasteiger partial charge in [0.05, 0.1) is 19.5 Å². The largest absolute Gasteiger partial charge is 0.345 e. The van der Waals surface area contributed by atoms with Crippen molar-refractivity contribution in [2.75, 3.05) is 12.9 Å². The monoisotopic (exact) mass is 358 g/mol. The first-order valence-electron chi connectivity index (χ1n) is 7.74. The Balaban J connectivity index is 1.66. The van der Waals surface area contributed by atoms with E-state index in [4.69, 9.17) is 23.1 Å². The van der Waals surface area contributed by atoms with Crippen LogP contribution in [0.2, 0.25) is 0 Å². The van der Waals surface area contributed by atoms with E-state index in [9.17, 15) is 8.42 Å². The molecule has 0 radical (unpaired) electrons. The summed E-state index contributed by atoms with van der Waals surface area (Å²) in [6.07, 6.45) is -1.10. The lowest BCUT2D eigenvalue weighted by Crippen LogP contribution is -2.33. The molecule has 0 aromatic heterocycles. The molecule has 2 aliphatic rings. The molecule has 24 heavy (non-hydrogen) atoms. The highest BCUT2D eigenvalue weighted by Gasteiger charge is 2.56. The second-order valence-corrected chi connectivity index (χ2v) is 8.04. The van der Waals surface area contributed by atoms with Gasteiger partial charge in [0.2, 0.25) is 0 Å². The molecule has 1 aromatic rings. The van der Waals surface area contributed by atoms with Crippen LogP contribution in [0.25, 0.3) is 0 Å². The molecule has 7 nitrogen and oxygen atoms in total. The van der Waals surface area contributed by atoms with Gasteiger partial charge in [0.25, 0.3) is 10.1 Å². The lowest BCUT2D eigenvalue weighted by Gasteiger charge is -2.24. The first-order chi connectivity index (χ1) is 11.2. The van der Waals surface area contributed by atoms with E-state index in [1.165, 1.54) is 0 Å². The Labute approximate surface area is 141 Å². The fourth-order valence-corrected chi connectivity index (χ4v) is 3.24. The van der Waals surface area contributed by atoms with E-state index in [-0.39, 0.29) is 6.61 Å². The molecule has 0 amide bonds. The van der Waals surface area contributed by atoms with E-state index in [0.717, 1.165) is 11.8 Å². The van der Waals surface area contributed by atoms with E-state index in [1.54, 1.807) is 13.8 Å². The smallest absolute Gasteiger partial charge is 0.264 e. The number of fused-ring (bicyclic) bond motifs is 1. The SMILES string of the molecule is CC1(C)O[C@@H]2[C@@H](OCc3ccccc3)O[C@H](COS(C)(=O)=O)[C@@H]2O1. The molecule has 0 spiro atoms.